The van der Waals surface area contributed by atoms with Gasteiger partial charge in [0.05, 0.1) is 11.6 Å². The molecule has 1 aromatic carbocycles. The van der Waals surface area contributed by atoms with E-state index < -0.39 is 0 Å². The molecule has 0 aliphatic heterocycles. The van der Waals surface area contributed by atoms with Crippen LogP contribution in [0.2, 0.25) is 10.0 Å². The number of halogens is 2. The van der Waals surface area contributed by atoms with Gasteiger partial charge in [0.2, 0.25) is 0 Å². The van der Waals surface area contributed by atoms with Crippen molar-refractivity contribution in [3.63, 3.8) is 0 Å². The van der Waals surface area contributed by atoms with Crippen LogP contribution in [0.3, 0.4) is 0 Å². The molecule has 0 saturated heterocycles. The van der Waals surface area contributed by atoms with Crippen molar-refractivity contribution in [3.8, 4) is 11.3 Å². The van der Waals surface area contributed by atoms with Crippen LogP contribution in [0.5, 0.6) is 0 Å². The molecule has 124 valence electrons. The first-order valence-electron chi connectivity index (χ1n) is 7.41. The van der Waals surface area contributed by atoms with E-state index in [1.54, 1.807) is 29.7 Å². The molecule has 0 unspecified atom stereocenters. The second kappa shape index (κ2) is 7.11. The quantitative estimate of drug-likeness (QED) is 0.687. The molecule has 0 bridgehead atoms. The van der Waals surface area contributed by atoms with Crippen molar-refractivity contribution in [2.24, 2.45) is 0 Å². The summed E-state index contributed by atoms with van der Waals surface area (Å²) in [5, 5.41) is 4.27. The molecular weight excluding hydrogens is 349 g/mol. The van der Waals surface area contributed by atoms with E-state index in [9.17, 15) is 4.79 Å². The van der Waals surface area contributed by atoms with Crippen molar-refractivity contribution in [3.05, 3.63) is 52.6 Å². The summed E-state index contributed by atoms with van der Waals surface area (Å²) in [4.78, 5) is 16.3. The van der Waals surface area contributed by atoms with E-state index in [1.165, 1.54) is 0 Å². The minimum atomic E-state index is -0.341. The lowest BCUT2D eigenvalue weighted by atomic mass is 10.1. The third-order valence-corrected chi connectivity index (χ3v) is 3.84. The summed E-state index contributed by atoms with van der Waals surface area (Å²) in [7, 11) is 0. The molecule has 0 radical (unpaired) electrons. The summed E-state index contributed by atoms with van der Waals surface area (Å²) in [6, 6.07) is 10.9. The van der Waals surface area contributed by atoms with Crippen LogP contribution in [-0.4, -0.2) is 28.5 Å². The van der Waals surface area contributed by atoms with Crippen molar-refractivity contribution in [1.29, 1.82) is 0 Å². The summed E-state index contributed by atoms with van der Waals surface area (Å²) in [6.07, 6.45) is 1.74. The molecule has 0 spiro atoms. The smallest absolute Gasteiger partial charge is 0.325 e. The fraction of sp³-hybridized carbons (Fsp3) is 0.176. The van der Waals surface area contributed by atoms with Gasteiger partial charge in [-0.2, -0.15) is 0 Å². The van der Waals surface area contributed by atoms with Gasteiger partial charge in [0.1, 0.15) is 23.7 Å². The highest BCUT2D eigenvalue weighted by Crippen LogP contribution is 2.31. The summed E-state index contributed by atoms with van der Waals surface area (Å²) in [6.45, 7) is 2.13. The van der Waals surface area contributed by atoms with E-state index in [0.717, 1.165) is 5.56 Å². The Labute approximate surface area is 149 Å². The number of anilines is 1. The zero-order valence-corrected chi connectivity index (χ0v) is 14.4. The van der Waals surface area contributed by atoms with Crippen LogP contribution in [0.15, 0.2) is 42.6 Å². The number of ether oxygens (including phenoxy) is 1. The molecule has 2 aromatic heterocycles. The number of nitrogens with one attached hydrogen (secondary N) is 1. The SMILES string of the molecule is CCOC(=O)CNc1c(-c2cccc(Cl)c2)nc2ccc(Cl)cn12. The third-order valence-electron chi connectivity index (χ3n) is 3.39. The van der Waals surface area contributed by atoms with Gasteiger partial charge >= 0.3 is 5.97 Å². The molecule has 24 heavy (non-hydrogen) atoms. The van der Waals surface area contributed by atoms with Crippen LogP contribution in [0.1, 0.15) is 6.92 Å². The first-order valence-corrected chi connectivity index (χ1v) is 8.17. The summed E-state index contributed by atoms with van der Waals surface area (Å²) < 4.78 is 6.77. The number of benzene rings is 1. The monoisotopic (exact) mass is 363 g/mol. The normalized spacial score (nSPS) is 10.8. The zero-order valence-electron chi connectivity index (χ0n) is 12.9. The van der Waals surface area contributed by atoms with Gasteiger partial charge in [-0.1, -0.05) is 35.3 Å². The molecule has 0 amide bonds. The maximum Gasteiger partial charge on any atom is 0.325 e. The number of esters is 1. The van der Waals surface area contributed by atoms with E-state index in [0.29, 0.717) is 33.8 Å². The van der Waals surface area contributed by atoms with Crippen LogP contribution < -0.4 is 5.32 Å². The molecule has 0 saturated carbocycles. The van der Waals surface area contributed by atoms with Crippen molar-refractivity contribution in [2.45, 2.75) is 6.92 Å². The highest BCUT2D eigenvalue weighted by Gasteiger charge is 2.16. The largest absolute Gasteiger partial charge is 0.465 e. The summed E-state index contributed by atoms with van der Waals surface area (Å²) >= 11 is 12.2. The standard InChI is InChI=1S/C17H15Cl2N3O2/c1-2-24-15(23)9-20-17-16(11-4-3-5-12(18)8-11)21-14-7-6-13(19)10-22(14)17/h3-8,10,20H,2,9H2,1H3. The van der Waals surface area contributed by atoms with E-state index in [-0.39, 0.29) is 12.5 Å². The van der Waals surface area contributed by atoms with Crippen molar-refractivity contribution in [2.75, 3.05) is 18.5 Å². The topological polar surface area (TPSA) is 55.6 Å². The molecule has 7 heteroatoms. The first-order chi connectivity index (χ1) is 11.6. The Kier molecular flexibility index (Phi) is 4.92. The number of pyridine rings is 1. The van der Waals surface area contributed by atoms with Crippen LogP contribution in [0.25, 0.3) is 16.9 Å². The first kappa shape index (κ1) is 16.6. The Balaban J connectivity index is 2.07. The minimum Gasteiger partial charge on any atom is -0.465 e. The van der Waals surface area contributed by atoms with Gasteiger partial charge < -0.3 is 10.1 Å². The van der Waals surface area contributed by atoms with Gasteiger partial charge in [-0.3, -0.25) is 9.20 Å². The summed E-state index contributed by atoms with van der Waals surface area (Å²) in [5.41, 5.74) is 2.23. The van der Waals surface area contributed by atoms with Gasteiger partial charge in [-0.15, -0.1) is 0 Å². The minimum absolute atomic E-state index is 0.0295. The molecule has 3 aromatic rings. The Morgan fingerprint density at radius 2 is 2.08 bits per heavy atom. The number of aromatic nitrogens is 2. The Bertz CT molecular complexity index is 893. The number of nitrogens with zero attached hydrogens (tertiary/aromatic N) is 2. The number of carbonyl (C=O) groups is 1. The Morgan fingerprint density at radius 3 is 2.83 bits per heavy atom. The molecule has 1 N–H and O–H groups in total. The fourth-order valence-corrected chi connectivity index (χ4v) is 2.74. The molecule has 0 aliphatic rings. The van der Waals surface area contributed by atoms with Crippen LogP contribution in [-0.2, 0) is 9.53 Å². The van der Waals surface area contributed by atoms with Gasteiger partial charge in [0.25, 0.3) is 0 Å². The predicted molar refractivity (Wildman–Crippen MR) is 95.8 cm³/mol. The molecule has 0 aliphatic carbocycles. The predicted octanol–water partition coefficient (Wildman–Crippen LogP) is 4.28. The average Bonchev–Trinajstić information content (AvgIpc) is 2.91. The van der Waals surface area contributed by atoms with Crippen molar-refractivity contribution < 1.29 is 9.53 Å². The Morgan fingerprint density at radius 1 is 1.25 bits per heavy atom. The number of carbonyl (C=O) groups excluding carboxylic acids is 1. The van der Waals surface area contributed by atoms with Gasteiger partial charge in [-0.05, 0) is 31.2 Å². The molecule has 5 nitrogen and oxygen atoms in total. The number of hydrogen-bond acceptors (Lipinski definition) is 4. The molecule has 2 heterocycles. The number of hydrogen-bond donors (Lipinski definition) is 1. The van der Waals surface area contributed by atoms with Crippen LogP contribution in [0, 0.1) is 0 Å². The van der Waals surface area contributed by atoms with Crippen LogP contribution >= 0.6 is 23.2 Å². The number of imidazole rings is 1. The average molecular weight is 364 g/mol. The third kappa shape index (κ3) is 3.47. The second-order valence-corrected chi connectivity index (χ2v) is 5.93. The molecule has 0 fully saturated rings. The molecule has 3 rings (SSSR count). The van der Waals surface area contributed by atoms with E-state index in [4.69, 9.17) is 27.9 Å². The lowest BCUT2D eigenvalue weighted by Gasteiger charge is -2.09. The van der Waals surface area contributed by atoms with E-state index in [1.807, 2.05) is 24.3 Å². The van der Waals surface area contributed by atoms with E-state index in [2.05, 4.69) is 10.3 Å². The fourth-order valence-electron chi connectivity index (χ4n) is 2.39. The summed E-state index contributed by atoms with van der Waals surface area (Å²) in [5.74, 6) is 0.314. The number of fused-ring (bicyclic) bond motifs is 1. The highest BCUT2D eigenvalue weighted by atomic mass is 35.5. The molecular formula is C17H15Cl2N3O2. The van der Waals surface area contributed by atoms with Gasteiger partial charge in [0.15, 0.2) is 0 Å². The molecule has 0 atom stereocenters. The lowest BCUT2D eigenvalue weighted by Crippen LogP contribution is -2.17. The van der Waals surface area contributed by atoms with Gasteiger partial charge in [-0.25, -0.2) is 4.98 Å². The Hall–Kier alpha value is -2.24. The number of rotatable bonds is 5. The highest BCUT2D eigenvalue weighted by molar-refractivity contribution is 6.31. The maximum absolute atomic E-state index is 11.7. The lowest BCUT2D eigenvalue weighted by molar-refractivity contribution is -0.140. The van der Waals surface area contributed by atoms with Crippen LogP contribution in [0.4, 0.5) is 5.82 Å². The van der Waals surface area contributed by atoms with Crippen molar-refractivity contribution in [1.82, 2.24) is 9.38 Å². The maximum atomic E-state index is 11.7. The van der Waals surface area contributed by atoms with Crippen molar-refractivity contribution >= 4 is 40.6 Å². The zero-order chi connectivity index (χ0) is 17.1. The second-order valence-electron chi connectivity index (χ2n) is 5.05. The van der Waals surface area contributed by atoms with E-state index >= 15 is 0 Å². The van der Waals surface area contributed by atoms with Gasteiger partial charge in [0, 0.05) is 16.8 Å².